The predicted octanol–water partition coefficient (Wildman–Crippen LogP) is 6.44. The molecule has 0 atom stereocenters. The topological polar surface area (TPSA) is 77.4 Å². The molecule has 0 bridgehead atoms. The summed E-state index contributed by atoms with van der Waals surface area (Å²) in [4.78, 5) is 0. The molecule has 216 valence electrons. The monoisotopic (exact) mass is 540 g/mol. The third kappa shape index (κ3) is 6.14. The number of aryl methyl sites for hydroxylation is 2. The van der Waals surface area contributed by atoms with Crippen molar-refractivity contribution in [1.82, 2.24) is 0 Å². The van der Waals surface area contributed by atoms with Gasteiger partial charge in [-0.15, -0.1) is 0 Å². The van der Waals surface area contributed by atoms with Gasteiger partial charge in [0, 0.05) is 12.8 Å². The van der Waals surface area contributed by atoms with E-state index in [-0.39, 0.29) is 28.8 Å². The molecule has 2 heterocycles. The van der Waals surface area contributed by atoms with Gasteiger partial charge in [0.2, 0.25) is 0 Å². The molecule has 2 saturated heterocycles. The maximum Gasteiger partial charge on any atom is 0.161 e. The number of phenolic OH excluding ortho intramolecular Hbond substituents is 2. The summed E-state index contributed by atoms with van der Waals surface area (Å²) in [5, 5.41) is 21.7. The van der Waals surface area contributed by atoms with Crippen molar-refractivity contribution < 1.29 is 29.2 Å². The van der Waals surface area contributed by atoms with E-state index in [2.05, 4.69) is 67.5 Å². The molecule has 4 rings (SSSR count). The van der Waals surface area contributed by atoms with Gasteiger partial charge in [-0.2, -0.15) is 0 Å². The van der Waals surface area contributed by atoms with Gasteiger partial charge in [0.1, 0.15) is 11.5 Å². The minimum absolute atomic E-state index is 0.130. The van der Waals surface area contributed by atoms with Gasteiger partial charge in [0.05, 0.1) is 31.8 Å². The summed E-state index contributed by atoms with van der Waals surface area (Å²) in [6.07, 6.45) is 0.422. The lowest BCUT2D eigenvalue weighted by Gasteiger charge is -2.44. The molecule has 6 heteroatoms. The molecule has 0 aromatic heterocycles. The summed E-state index contributed by atoms with van der Waals surface area (Å²) in [7, 11) is 0. The molecule has 6 nitrogen and oxygen atoms in total. The lowest BCUT2D eigenvalue weighted by atomic mass is 9.82. The van der Waals surface area contributed by atoms with Crippen LogP contribution < -0.4 is 0 Å². The number of benzene rings is 2. The molecule has 2 N–H and O–H groups in total. The third-order valence-electron chi connectivity index (χ3n) is 8.46. The Morgan fingerprint density at radius 1 is 0.641 bits per heavy atom. The van der Waals surface area contributed by atoms with E-state index in [1.54, 1.807) is 0 Å². The van der Waals surface area contributed by atoms with E-state index in [0.717, 1.165) is 44.5 Å². The molecule has 0 unspecified atom stereocenters. The van der Waals surface area contributed by atoms with Crippen molar-refractivity contribution in [3.63, 3.8) is 0 Å². The molecule has 2 aromatic rings. The molecular formula is C33H48O6. The van der Waals surface area contributed by atoms with Crippen molar-refractivity contribution >= 4 is 0 Å². The lowest BCUT2D eigenvalue weighted by molar-refractivity contribution is -0.301. The third-order valence-corrected chi connectivity index (χ3v) is 8.46. The number of aromatic hydroxyl groups is 2. The molecule has 0 saturated carbocycles. The Bertz CT molecular complexity index is 1100. The van der Waals surface area contributed by atoms with Gasteiger partial charge in [0.25, 0.3) is 0 Å². The maximum atomic E-state index is 10.9. The van der Waals surface area contributed by atoms with Crippen molar-refractivity contribution in [3.8, 4) is 11.5 Å². The Kier molecular flexibility index (Phi) is 8.19. The first-order valence-corrected chi connectivity index (χ1v) is 14.1. The quantitative estimate of drug-likeness (QED) is 0.465. The molecule has 0 radical (unpaired) electrons. The molecule has 2 aromatic carbocycles. The van der Waals surface area contributed by atoms with E-state index < -0.39 is 0 Å². The van der Waals surface area contributed by atoms with E-state index in [1.165, 1.54) is 0 Å². The number of phenols is 2. The highest BCUT2D eigenvalue weighted by Crippen LogP contribution is 2.40. The van der Waals surface area contributed by atoms with Crippen LogP contribution in [0.15, 0.2) is 12.1 Å². The van der Waals surface area contributed by atoms with Crippen LogP contribution in [0.4, 0.5) is 0 Å². The molecule has 2 fully saturated rings. The summed E-state index contributed by atoms with van der Waals surface area (Å²) in [6, 6.07) is 4.18. The van der Waals surface area contributed by atoms with E-state index in [9.17, 15) is 10.2 Å². The normalized spacial score (nSPS) is 24.4. The van der Waals surface area contributed by atoms with Gasteiger partial charge in [-0.05, 0) is 83.0 Å². The van der Waals surface area contributed by atoms with Crippen LogP contribution in [0.1, 0.15) is 86.1 Å². The Morgan fingerprint density at radius 3 is 1.23 bits per heavy atom. The Balaban J connectivity index is 1.36. The average molecular weight is 541 g/mol. The van der Waals surface area contributed by atoms with Crippen LogP contribution >= 0.6 is 0 Å². The molecule has 2 aliphatic heterocycles. The highest BCUT2D eigenvalue weighted by Gasteiger charge is 2.42. The fourth-order valence-electron chi connectivity index (χ4n) is 5.79. The van der Waals surface area contributed by atoms with Crippen LogP contribution in [0, 0.1) is 33.1 Å². The summed E-state index contributed by atoms with van der Waals surface area (Å²) in [5.74, 6) is 0.727. The van der Waals surface area contributed by atoms with Crippen LogP contribution in [-0.2, 0) is 42.6 Å². The second kappa shape index (κ2) is 10.7. The zero-order valence-corrected chi connectivity index (χ0v) is 25.6. The SMILES string of the molecule is Cc1cc(C(C)(C)C)c(O)c(C)c1CC1OCC2(CO1)COC(Cc1c(C)cc(C(C)(C)C)c(O)c1C)OC2. The summed E-state index contributed by atoms with van der Waals surface area (Å²) < 4.78 is 24.7. The molecule has 2 aliphatic rings. The Labute approximate surface area is 234 Å². The minimum Gasteiger partial charge on any atom is -0.507 e. The van der Waals surface area contributed by atoms with Crippen molar-refractivity contribution in [2.24, 2.45) is 5.41 Å². The van der Waals surface area contributed by atoms with Crippen LogP contribution in [-0.4, -0.2) is 49.2 Å². The standard InChI is InChI=1S/C33H48O6/c1-19-11-25(31(5,6)7)29(34)21(3)23(19)13-27-36-15-33(16-37-27)17-38-28(39-18-33)14-24-20(2)12-26(32(8,9)10)30(35)22(24)4/h11-12,27-28,34-35H,13-18H2,1-10H3. The van der Waals surface area contributed by atoms with Crippen LogP contribution in [0.25, 0.3) is 0 Å². The minimum atomic E-state index is -0.375. The Morgan fingerprint density at radius 2 is 0.949 bits per heavy atom. The lowest BCUT2D eigenvalue weighted by Crippen LogP contribution is -2.52. The van der Waals surface area contributed by atoms with Crippen molar-refractivity contribution in [1.29, 1.82) is 0 Å². The van der Waals surface area contributed by atoms with Crippen molar-refractivity contribution in [3.05, 3.63) is 56.6 Å². The van der Waals surface area contributed by atoms with Gasteiger partial charge < -0.3 is 29.2 Å². The molecule has 0 amide bonds. The summed E-state index contributed by atoms with van der Waals surface area (Å²) in [6.45, 7) is 22.8. The Hall–Kier alpha value is -2.12. The first kappa shape index (κ1) is 29.9. The summed E-state index contributed by atoms with van der Waals surface area (Å²) >= 11 is 0. The van der Waals surface area contributed by atoms with E-state index in [4.69, 9.17) is 18.9 Å². The largest absolute Gasteiger partial charge is 0.507 e. The number of ether oxygens (including phenoxy) is 4. The molecular weight excluding hydrogens is 492 g/mol. The average Bonchev–Trinajstić information content (AvgIpc) is 2.85. The van der Waals surface area contributed by atoms with E-state index in [0.29, 0.717) is 50.8 Å². The summed E-state index contributed by atoms with van der Waals surface area (Å²) in [5.41, 5.74) is 7.54. The van der Waals surface area contributed by atoms with E-state index >= 15 is 0 Å². The van der Waals surface area contributed by atoms with Crippen LogP contribution in [0.2, 0.25) is 0 Å². The van der Waals surface area contributed by atoms with E-state index in [1.807, 2.05) is 13.8 Å². The zero-order chi connectivity index (χ0) is 28.9. The fourth-order valence-corrected chi connectivity index (χ4v) is 5.79. The smallest absolute Gasteiger partial charge is 0.161 e. The first-order chi connectivity index (χ1) is 18.0. The number of hydrogen-bond acceptors (Lipinski definition) is 6. The highest BCUT2D eigenvalue weighted by molar-refractivity contribution is 5.52. The second-order valence-corrected chi connectivity index (χ2v) is 13.9. The van der Waals surface area contributed by atoms with Crippen molar-refractivity contribution in [2.75, 3.05) is 26.4 Å². The van der Waals surface area contributed by atoms with Gasteiger partial charge in [-0.25, -0.2) is 0 Å². The highest BCUT2D eigenvalue weighted by atomic mass is 16.7. The fraction of sp³-hybridized carbons (Fsp3) is 0.636. The number of rotatable bonds is 4. The van der Waals surface area contributed by atoms with Gasteiger partial charge >= 0.3 is 0 Å². The van der Waals surface area contributed by atoms with Gasteiger partial charge in [-0.3, -0.25) is 0 Å². The molecule has 1 spiro atoms. The van der Waals surface area contributed by atoms with Crippen molar-refractivity contribution in [2.45, 2.75) is 105 Å². The first-order valence-electron chi connectivity index (χ1n) is 14.1. The zero-order valence-electron chi connectivity index (χ0n) is 25.6. The van der Waals surface area contributed by atoms with Gasteiger partial charge in [-0.1, -0.05) is 53.7 Å². The maximum absolute atomic E-state index is 10.9. The van der Waals surface area contributed by atoms with Crippen LogP contribution in [0.3, 0.4) is 0 Å². The second-order valence-electron chi connectivity index (χ2n) is 13.9. The van der Waals surface area contributed by atoms with Gasteiger partial charge in [0.15, 0.2) is 12.6 Å². The van der Waals surface area contributed by atoms with Crippen LogP contribution in [0.5, 0.6) is 11.5 Å². The predicted molar refractivity (Wildman–Crippen MR) is 154 cm³/mol. The molecule has 39 heavy (non-hydrogen) atoms. The molecule has 0 aliphatic carbocycles. The number of hydrogen-bond donors (Lipinski definition) is 2.